The van der Waals surface area contributed by atoms with Crippen LogP contribution in [0.25, 0.3) is 0 Å². The minimum atomic E-state index is -0.0463. The number of hydrogen-bond donors (Lipinski definition) is 1. The summed E-state index contributed by atoms with van der Waals surface area (Å²) >= 11 is 0. The summed E-state index contributed by atoms with van der Waals surface area (Å²) in [7, 11) is 1.86. The van der Waals surface area contributed by atoms with Crippen LogP contribution in [0.4, 0.5) is 0 Å². The first-order valence-corrected chi connectivity index (χ1v) is 9.06. The minimum Gasteiger partial charge on any atom is -0.474 e. The van der Waals surface area contributed by atoms with E-state index in [-0.39, 0.29) is 11.7 Å². The summed E-state index contributed by atoms with van der Waals surface area (Å²) in [4.78, 5) is 6.81. The number of methoxy groups -OCH3 is 1. The molecule has 25 heavy (non-hydrogen) atoms. The van der Waals surface area contributed by atoms with Crippen LogP contribution in [0.3, 0.4) is 0 Å². The Bertz CT molecular complexity index is 704. The molecule has 0 aromatic carbocycles. The van der Waals surface area contributed by atoms with Crippen LogP contribution in [0.1, 0.15) is 37.1 Å². The predicted molar refractivity (Wildman–Crippen MR) is 94.4 cm³/mol. The lowest BCUT2D eigenvalue weighted by atomic mass is 9.79. The molecule has 1 saturated carbocycles. The zero-order chi connectivity index (χ0) is 17.3. The van der Waals surface area contributed by atoms with Gasteiger partial charge in [-0.05, 0) is 38.3 Å². The van der Waals surface area contributed by atoms with Crippen molar-refractivity contribution < 1.29 is 9.47 Å². The van der Waals surface area contributed by atoms with Crippen LogP contribution in [-0.2, 0) is 11.3 Å². The van der Waals surface area contributed by atoms with Gasteiger partial charge in [-0.25, -0.2) is 4.98 Å². The highest BCUT2D eigenvalue weighted by molar-refractivity contribution is 5.13. The largest absolute Gasteiger partial charge is 0.474 e. The minimum absolute atomic E-state index is 0.0463. The highest BCUT2D eigenvalue weighted by Crippen LogP contribution is 2.43. The van der Waals surface area contributed by atoms with Gasteiger partial charge in [0.15, 0.2) is 0 Å². The second kappa shape index (κ2) is 6.77. The van der Waals surface area contributed by atoms with Crippen molar-refractivity contribution in [3.8, 4) is 5.88 Å². The Labute approximate surface area is 148 Å². The van der Waals surface area contributed by atoms with Crippen molar-refractivity contribution in [2.75, 3.05) is 13.7 Å². The maximum atomic E-state index is 6.14. The third kappa shape index (κ3) is 3.28. The number of hydrogen-bond acceptors (Lipinski definition) is 5. The number of nitrogens with one attached hydrogen (secondary N) is 1. The third-order valence-electron chi connectivity index (χ3n) is 5.70. The van der Waals surface area contributed by atoms with E-state index in [1.165, 1.54) is 0 Å². The average molecular weight is 342 g/mol. The van der Waals surface area contributed by atoms with E-state index < -0.39 is 0 Å². The van der Waals surface area contributed by atoms with Gasteiger partial charge in [0, 0.05) is 50.6 Å². The molecule has 1 saturated heterocycles. The number of H-pyrrole nitrogens is 1. The molecule has 6 heteroatoms. The lowest BCUT2D eigenvalue weighted by Gasteiger charge is -2.43. The Kier molecular flexibility index (Phi) is 4.48. The molecular weight excluding hydrogens is 316 g/mol. The fraction of sp³-hybridized carbons (Fsp3) is 0.579. The van der Waals surface area contributed by atoms with Crippen molar-refractivity contribution >= 4 is 0 Å². The maximum absolute atomic E-state index is 6.14. The van der Waals surface area contributed by atoms with Crippen LogP contribution in [0, 0.1) is 6.92 Å². The van der Waals surface area contributed by atoms with Crippen molar-refractivity contribution in [3.05, 3.63) is 41.9 Å². The molecule has 0 amide bonds. The fourth-order valence-electron chi connectivity index (χ4n) is 4.40. The van der Waals surface area contributed by atoms with Crippen molar-refractivity contribution in [3.63, 3.8) is 0 Å². The van der Waals surface area contributed by atoms with Gasteiger partial charge in [0.25, 0.3) is 0 Å². The highest BCUT2D eigenvalue weighted by Gasteiger charge is 2.51. The monoisotopic (exact) mass is 342 g/mol. The van der Waals surface area contributed by atoms with Gasteiger partial charge in [0.1, 0.15) is 6.10 Å². The van der Waals surface area contributed by atoms with Gasteiger partial charge < -0.3 is 9.47 Å². The van der Waals surface area contributed by atoms with Crippen LogP contribution < -0.4 is 4.74 Å². The molecule has 0 radical (unpaired) electrons. The number of aryl methyl sites for hydroxylation is 1. The first-order valence-electron chi connectivity index (χ1n) is 9.06. The SMILES string of the molecule is CO[C@@]12CCC(Oc3ccccn3)CC1N(Cc1cc(C)[nH]n1)CC2. The summed E-state index contributed by atoms with van der Waals surface area (Å²) in [6.45, 7) is 3.94. The molecule has 2 fully saturated rings. The van der Waals surface area contributed by atoms with Gasteiger partial charge in [0.05, 0.1) is 11.3 Å². The number of likely N-dealkylation sites (tertiary alicyclic amines) is 1. The highest BCUT2D eigenvalue weighted by atomic mass is 16.5. The molecule has 134 valence electrons. The summed E-state index contributed by atoms with van der Waals surface area (Å²) < 4.78 is 12.2. The van der Waals surface area contributed by atoms with Crippen molar-refractivity contribution in [1.29, 1.82) is 0 Å². The molecule has 3 heterocycles. The standard InChI is InChI=1S/C19H26N4O2/c1-14-11-15(22-21-14)13-23-10-8-19(24-2)7-6-16(12-17(19)23)25-18-5-3-4-9-20-18/h3-5,9,11,16-17H,6-8,10,12-13H2,1-2H3,(H,21,22)/t16?,17?,19-/m1/s1. The average Bonchev–Trinajstić information content (AvgIpc) is 3.21. The summed E-state index contributed by atoms with van der Waals surface area (Å²) in [5.74, 6) is 0.713. The summed E-state index contributed by atoms with van der Waals surface area (Å²) in [6.07, 6.45) is 6.05. The van der Waals surface area contributed by atoms with Crippen LogP contribution in [-0.4, -0.2) is 51.5 Å². The Hall–Kier alpha value is -1.92. The predicted octanol–water partition coefficient (Wildman–Crippen LogP) is 2.70. The van der Waals surface area contributed by atoms with E-state index in [1.807, 2.05) is 32.2 Å². The number of aromatic amines is 1. The van der Waals surface area contributed by atoms with Crippen LogP contribution in [0.2, 0.25) is 0 Å². The van der Waals surface area contributed by atoms with E-state index in [1.54, 1.807) is 6.20 Å². The van der Waals surface area contributed by atoms with Crippen molar-refractivity contribution in [2.45, 2.75) is 56.9 Å². The zero-order valence-corrected chi connectivity index (χ0v) is 14.9. The van der Waals surface area contributed by atoms with Crippen molar-refractivity contribution in [1.82, 2.24) is 20.1 Å². The molecule has 2 unspecified atom stereocenters. The molecule has 2 aromatic rings. The number of ether oxygens (including phenoxy) is 2. The van der Waals surface area contributed by atoms with Crippen molar-refractivity contribution in [2.24, 2.45) is 0 Å². The molecule has 1 aliphatic heterocycles. The van der Waals surface area contributed by atoms with E-state index in [2.05, 4.69) is 26.1 Å². The number of nitrogens with zero attached hydrogens (tertiary/aromatic N) is 3. The number of rotatable bonds is 5. The fourth-order valence-corrected chi connectivity index (χ4v) is 4.40. The topological polar surface area (TPSA) is 63.3 Å². The number of aromatic nitrogens is 3. The zero-order valence-electron chi connectivity index (χ0n) is 14.9. The van der Waals surface area contributed by atoms with Gasteiger partial charge in [-0.3, -0.25) is 10.00 Å². The molecule has 0 spiro atoms. The van der Waals surface area contributed by atoms with E-state index in [9.17, 15) is 0 Å². The number of fused-ring (bicyclic) bond motifs is 1. The first kappa shape index (κ1) is 16.5. The molecule has 1 N–H and O–H groups in total. The molecule has 1 aliphatic carbocycles. The Balaban J connectivity index is 1.48. The Morgan fingerprint density at radius 3 is 3.00 bits per heavy atom. The molecule has 0 bridgehead atoms. The van der Waals surface area contributed by atoms with Crippen LogP contribution in [0.5, 0.6) is 5.88 Å². The molecule has 4 rings (SSSR count). The number of pyridine rings is 1. The van der Waals surface area contributed by atoms with Gasteiger partial charge in [-0.15, -0.1) is 0 Å². The lowest BCUT2D eigenvalue weighted by molar-refractivity contribution is -0.0844. The molecule has 6 nitrogen and oxygen atoms in total. The van der Waals surface area contributed by atoms with E-state index in [0.29, 0.717) is 11.9 Å². The van der Waals surface area contributed by atoms with E-state index in [4.69, 9.17) is 9.47 Å². The first-order chi connectivity index (χ1) is 12.2. The summed E-state index contributed by atoms with van der Waals surface area (Å²) in [5.41, 5.74) is 2.15. The molecule has 2 aliphatic rings. The normalized spacial score (nSPS) is 29.5. The quantitative estimate of drug-likeness (QED) is 0.905. The van der Waals surface area contributed by atoms with Crippen LogP contribution in [0.15, 0.2) is 30.5 Å². The second-order valence-electron chi connectivity index (χ2n) is 7.23. The molecule has 2 aromatic heterocycles. The lowest BCUT2D eigenvalue weighted by Crippen LogP contribution is -2.52. The summed E-state index contributed by atoms with van der Waals surface area (Å²) in [6, 6.07) is 8.28. The third-order valence-corrected chi connectivity index (χ3v) is 5.70. The van der Waals surface area contributed by atoms with E-state index in [0.717, 1.165) is 50.2 Å². The van der Waals surface area contributed by atoms with Gasteiger partial charge >= 0.3 is 0 Å². The van der Waals surface area contributed by atoms with Crippen LogP contribution >= 0.6 is 0 Å². The van der Waals surface area contributed by atoms with Gasteiger partial charge in [-0.2, -0.15) is 5.10 Å². The van der Waals surface area contributed by atoms with Gasteiger partial charge in [-0.1, -0.05) is 6.07 Å². The Morgan fingerprint density at radius 1 is 1.36 bits per heavy atom. The molecule has 3 atom stereocenters. The smallest absolute Gasteiger partial charge is 0.213 e. The Morgan fingerprint density at radius 2 is 2.28 bits per heavy atom. The van der Waals surface area contributed by atoms with E-state index >= 15 is 0 Å². The van der Waals surface area contributed by atoms with Gasteiger partial charge in [0.2, 0.25) is 5.88 Å². The summed E-state index contributed by atoms with van der Waals surface area (Å²) in [5, 5.41) is 7.44. The maximum Gasteiger partial charge on any atom is 0.213 e. The molecular formula is C19H26N4O2. The second-order valence-corrected chi connectivity index (χ2v) is 7.23.